The van der Waals surface area contributed by atoms with Gasteiger partial charge < -0.3 is 9.84 Å². The number of morpholine rings is 1. The third-order valence-electron chi connectivity index (χ3n) is 5.56. The highest BCUT2D eigenvalue weighted by Gasteiger charge is 2.40. The fourth-order valence-corrected chi connectivity index (χ4v) is 3.23. The van der Waals surface area contributed by atoms with E-state index in [2.05, 4.69) is 63.8 Å². The van der Waals surface area contributed by atoms with E-state index in [0.29, 0.717) is 6.54 Å². The lowest BCUT2D eigenvalue weighted by molar-refractivity contribution is -0.0876. The van der Waals surface area contributed by atoms with E-state index < -0.39 is 5.60 Å². The molecule has 24 heavy (non-hydrogen) atoms. The zero-order chi connectivity index (χ0) is 18.0. The average molecular weight is 334 g/mol. The van der Waals surface area contributed by atoms with Crippen LogP contribution in [0.1, 0.15) is 52.7 Å². The lowest BCUT2D eigenvalue weighted by Crippen LogP contribution is -2.53. The standard InChI is InChI=1S/C21H35NO2/c1-19(2,3)18-9-7-17(8-10-18)15-20(4,5)21(6,23)16-22-11-13-24-14-12-22/h7-10,23H,11-16H2,1-6H3. The van der Waals surface area contributed by atoms with Gasteiger partial charge in [-0.3, -0.25) is 4.90 Å². The van der Waals surface area contributed by atoms with Gasteiger partial charge in [0.1, 0.15) is 0 Å². The monoisotopic (exact) mass is 333 g/mol. The normalized spacial score (nSPS) is 20.0. The summed E-state index contributed by atoms with van der Waals surface area (Å²) in [4.78, 5) is 2.31. The van der Waals surface area contributed by atoms with Gasteiger partial charge in [-0.05, 0) is 35.3 Å². The summed E-state index contributed by atoms with van der Waals surface area (Å²) >= 11 is 0. The van der Waals surface area contributed by atoms with E-state index in [1.54, 1.807) is 0 Å². The van der Waals surface area contributed by atoms with Crippen LogP contribution in [0.25, 0.3) is 0 Å². The van der Waals surface area contributed by atoms with Crippen LogP contribution in [0, 0.1) is 5.41 Å². The first-order chi connectivity index (χ1) is 11.0. The van der Waals surface area contributed by atoms with Crippen molar-refractivity contribution in [2.75, 3.05) is 32.8 Å². The third-order valence-corrected chi connectivity index (χ3v) is 5.56. The molecule has 3 nitrogen and oxygen atoms in total. The van der Waals surface area contributed by atoms with Crippen LogP contribution in [-0.2, 0) is 16.6 Å². The Morgan fingerprint density at radius 1 is 0.958 bits per heavy atom. The van der Waals surface area contributed by atoms with E-state index in [0.717, 1.165) is 32.7 Å². The summed E-state index contributed by atoms with van der Waals surface area (Å²) in [6.07, 6.45) is 0.870. The molecule has 3 heteroatoms. The quantitative estimate of drug-likeness (QED) is 0.893. The molecule has 1 saturated heterocycles. The van der Waals surface area contributed by atoms with E-state index in [9.17, 15) is 5.11 Å². The predicted octanol–water partition coefficient (Wildman–Crippen LogP) is 3.64. The van der Waals surface area contributed by atoms with Crippen molar-refractivity contribution in [3.05, 3.63) is 35.4 Å². The summed E-state index contributed by atoms with van der Waals surface area (Å²) < 4.78 is 5.41. The Kier molecular flexibility index (Phi) is 5.79. The number of hydrogen-bond acceptors (Lipinski definition) is 3. The van der Waals surface area contributed by atoms with Crippen LogP contribution in [0.2, 0.25) is 0 Å². The Labute approximate surface area is 148 Å². The largest absolute Gasteiger partial charge is 0.388 e. The van der Waals surface area contributed by atoms with Crippen LogP contribution < -0.4 is 0 Å². The molecule has 1 unspecified atom stereocenters. The highest BCUT2D eigenvalue weighted by molar-refractivity contribution is 5.28. The summed E-state index contributed by atoms with van der Waals surface area (Å²) in [7, 11) is 0. The van der Waals surface area contributed by atoms with Crippen LogP contribution in [0.4, 0.5) is 0 Å². The summed E-state index contributed by atoms with van der Waals surface area (Å²) in [6.45, 7) is 17.1. The molecule has 0 spiro atoms. The molecule has 136 valence electrons. The van der Waals surface area contributed by atoms with Crippen molar-refractivity contribution in [2.45, 2.75) is 59.0 Å². The van der Waals surface area contributed by atoms with Gasteiger partial charge in [0.15, 0.2) is 0 Å². The number of benzene rings is 1. The second-order valence-electron chi connectivity index (χ2n) is 9.17. The van der Waals surface area contributed by atoms with E-state index >= 15 is 0 Å². The summed E-state index contributed by atoms with van der Waals surface area (Å²) in [5.41, 5.74) is 1.87. The molecule has 1 N–H and O–H groups in total. The van der Waals surface area contributed by atoms with Gasteiger partial charge in [0.2, 0.25) is 0 Å². The first-order valence-corrected chi connectivity index (χ1v) is 9.13. The number of rotatable bonds is 5. The Hall–Kier alpha value is -0.900. The number of hydrogen-bond donors (Lipinski definition) is 1. The van der Waals surface area contributed by atoms with Crippen molar-refractivity contribution in [1.29, 1.82) is 0 Å². The molecular formula is C21H35NO2. The molecule has 0 radical (unpaired) electrons. The molecule has 1 aromatic carbocycles. The van der Waals surface area contributed by atoms with Crippen molar-refractivity contribution in [1.82, 2.24) is 4.90 Å². The van der Waals surface area contributed by atoms with E-state index in [1.807, 2.05) is 6.92 Å². The first-order valence-electron chi connectivity index (χ1n) is 9.13. The van der Waals surface area contributed by atoms with Crippen molar-refractivity contribution >= 4 is 0 Å². The molecule has 1 aliphatic rings. The second-order valence-corrected chi connectivity index (χ2v) is 9.17. The van der Waals surface area contributed by atoms with Crippen molar-refractivity contribution in [3.63, 3.8) is 0 Å². The molecule has 2 rings (SSSR count). The van der Waals surface area contributed by atoms with Gasteiger partial charge in [0.05, 0.1) is 18.8 Å². The number of β-amino-alcohol motifs (C(OH)–C–C–N with tert-alkyl or cyclic N) is 1. The second kappa shape index (κ2) is 7.15. The van der Waals surface area contributed by atoms with Crippen molar-refractivity contribution in [3.8, 4) is 0 Å². The SMILES string of the molecule is CC(C)(C)c1ccc(CC(C)(C)C(C)(O)CN2CCOCC2)cc1. The smallest absolute Gasteiger partial charge is 0.0799 e. The number of ether oxygens (including phenoxy) is 1. The first kappa shape index (κ1) is 19.4. The molecule has 0 bridgehead atoms. The number of aliphatic hydroxyl groups is 1. The van der Waals surface area contributed by atoms with Crippen molar-refractivity contribution < 1.29 is 9.84 Å². The lowest BCUT2D eigenvalue weighted by Gasteiger charge is -2.44. The zero-order valence-electron chi connectivity index (χ0n) is 16.4. The van der Waals surface area contributed by atoms with Gasteiger partial charge in [0.25, 0.3) is 0 Å². The minimum Gasteiger partial charge on any atom is -0.388 e. The van der Waals surface area contributed by atoms with Crippen LogP contribution in [-0.4, -0.2) is 48.5 Å². The highest BCUT2D eigenvalue weighted by Crippen LogP contribution is 2.35. The zero-order valence-corrected chi connectivity index (χ0v) is 16.4. The van der Waals surface area contributed by atoms with Crippen LogP contribution in [0.15, 0.2) is 24.3 Å². The van der Waals surface area contributed by atoms with Gasteiger partial charge in [-0.25, -0.2) is 0 Å². The molecule has 0 aromatic heterocycles. The van der Waals surface area contributed by atoms with E-state index in [1.165, 1.54) is 11.1 Å². The Morgan fingerprint density at radius 2 is 1.50 bits per heavy atom. The fraction of sp³-hybridized carbons (Fsp3) is 0.714. The van der Waals surface area contributed by atoms with E-state index in [4.69, 9.17) is 4.74 Å². The molecule has 1 atom stereocenters. The summed E-state index contributed by atoms with van der Waals surface area (Å²) in [6, 6.07) is 8.88. The van der Waals surface area contributed by atoms with Crippen LogP contribution in [0.5, 0.6) is 0 Å². The summed E-state index contributed by atoms with van der Waals surface area (Å²) in [5, 5.41) is 11.2. The van der Waals surface area contributed by atoms with Gasteiger partial charge in [-0.1, -0.05) is 58.9 Å². The predicted molar refractivity (Wildman–Crippen MR) is 101 cm³/mol. The molecule has 1 fully saturated rings. The maximum absolute atomic E-state index is 11.2. The minimum absolute atomic E-state index is 0.176. The molecule has 1 aromatic rings. The number of nitrogens with zero attached hydrogens (tertiary/aromatic N) is 1. The van der Waals surface area contributed by atoms with Gasteiger partial charge in [-0.2, -0.15) is 0 Å². The molecular weight excluding hydrogens is 298 g/mol. The Morgan fingerprint density at radius 3 is 2.00 bits per heavy atom. The fourth-order valence-electron chi connectivity index (χ4n) is 3.23. The Balaban J connectivity index is 2.05. The van der Waals surface area contributed by atoms with E-state index in [-0.39, 0.29) is 10.8 Å². The van der Waals surface area contributed by atoms with Crippen LogP contribution >= 0.6 is 0 Å². The maximum atomic E-state index is 11.2. The van der Waals surface area contributed by atoms with Gasteiger partial charge >= 0.3 is 0 Å². The highest BCUT2D eigenvalue weighted by atomic mass is 16.5. The molecule has 1 aliphatic heterocycles. The Bertz CT molecular complexity index is 520. The average Bonchev–Trinajstić information content (AvgIpc) is 2.47. The van der Waals surface area contributed by atoms with Crippen LogP contribution in [0.3, 0.4) is 0 Å². The topological polar surface area (TPSA) is 32.7 Å². The minimum atomic E-state index is -0.743. The van der Waals surface area contributed by atoms with Gasteiger partial charge in [-0.15, -0.1) is 0 Å². The maximum Gasteiger partial charge on any atom is 0.0799 e. The van der Waals surface area contributed by atoms with Gasteiger partial charge in [0, 0.05) is 19.6 Å². The van der Waals surface area contributed by atoms with Crippen molar-refractivity contribution in [2.24, 2.45) is 5.41 Å². The molecule has 0 aliphatic carbocycles. The lowest BCUT2D eigenvalue weighted by atomic mass is 9.71. The molecule has 0 amide bonds. The molecule has 0 saturated carbocycles. The molecule has 1 heterocycles. The third kappa shape index (κ3) is 4.81. The summed E-state index contributed by atoms with van der Waals surface area (Å²) in [5.74, 6) is 0.